The maximum absolute atomic E-state index is 13.0. The van der Waals surface area contributed by atoms with Gasteiger partial charge in [-0.2, -0.15) is 0 Å². The molecular formula is C16H18FN3O2. The second-order valence-corrected chi connectivity index (χ2v) is 5.01. The Hall–Kier alpha value is -2.50. The van der Waals surface area contributed by atoms with Gasteiger partial charge in [0, 0.05) is 17.4 Å². The molecule has 1 N–H and O–H groups in total. The molecule has 0 aliphatic rings. The van der Waals surface area contributed by atoms with E-state index in [0.29, 0.717) is 5.69 Å². The fourth-order valence-corrected chi connectivity index (χ4v) is 2.00. The third-order valence-electron chi connectivity index (χ3n) is 3.14. The summed E-state index contributed by atoms with van der Waals surface area (Å²) in [6.07, 6.45) is 4.12. The van der Waals surface area contributed by atoms with Crippen molar-refractivity contribution in [2.24, 2.45) is 0 Å². The average Bonchev–Trinajstić information content (AvgIpc) is 2.47. The second-order valence-electron chi connectivity index (χ2n) is 5.01. The Kier molecular flexibility index (Phi) is 5.41. The molecule has 2 rings (SSSR count). The Bertz CT molecular complexity index is 713. The first-order valence-corrected chi connectivity index (χ1v) is 7.19. The predicted molar refractivity (Wildman–Crippen MR) is 82.1 cm³/mol. The molecule has 6 heteroatoms. The van der Waals surface area contributed by atoms with Crippen LogP contribution in [0, 0.1) is 5.82 Å². The molecule has 0 unspecified atom stereocenters. The minimum absolute atomic E-state index is 0.156. The Morgan fingerprint density at radius 3 is 2.86 bits per heavy atom. The van der Waals surface area contributed by atoms with Gasteiger partial charge in [0.1, 0.15) is 12.4 Å². The van der Waals surface area contributed by atoms with Crippen molar-refractivity contribution in [1.82, 2.24) is 9.55 Å². The summed E-state index contributed by atoms with van der Waals surface area (Å²) in [5, 5.41) is 2.54. The van der Waals surface area contributed by atoms with Crippen molar-refractivity contribution in [3.63, 3.8) is 0 Å². The zero-order valence-corrected chi connectivity index (χ0v) is 12.4. The number of hydrogen-bond acceptors (Lipinski definition) is 3. The summed E-state index contributed by atoms with van der Waals surface area (Å²) in [5.74, 6) is -0.840. The van der Waals surface area contributed by atoms with Crippen molar-refractivity contribution in [3.05, 3.63) is 58.5 Å². The number of halogens is 1. The van der Waals surface area contributed by atoms with Crippen LogP contribution in [0.2, 0.25) is 0 Å². The minimum atomic E-state index is -0.433. The molecule has 0 aliphatic carbocycles. The molecule has 0 radical (unpaired) electrons. The minimum Gasteiger partial charge on any atom is -0.324 e. The maximum atomic E-state index is 13.0. The number of aryl methyl sites for hydroxylation is 1. The highest BCUT2D eigenvalue weighted by atomic mass is 19.1. The number of carbonyl (C=O) groups excluding carboxylic acids is 1. The number of nitrogens with zero attached hydrogens (tertiary/aromatic N) is 2. The van der Waals surface area contributed by atoms with Gasteiger partial charge < -0.3 is 5.32 Å². The smallest absolute Gasteiger partial charge is 0.253 e. The van der Waals surface area contributed by atoms with Crippen LogP contribution in [0.3, 0.4) is 0 Å². The van der Waals surface area contributed by atoms with Gasteiger partial charge in [-0.25, -0.2) is 9.37 Å². The van der Waals surface area contributed by atoms with Gasteiger partial charge in [-0.1, -0.05) is 19.4 Å². The molecule has 1 amide bonds. The van der Waals surface area contributed by atoms with Crippen LogP contribution in [-0.4, -0.2) is 15.5 Å². The van der Waals surface area contributed by atoms with E-state index in [0.717, 1.165) is 25.0 Å². The monoisotopic (exact) mass is 303 g/mol. The number of amides is 1. The van der Waals surface area contributed by atoms with Crippen LogP contribution >= 0.6 is 0 Å². The lowest BCUT2D eigenvalue weighted by atomic mass is 10.2. The number of anilines is 1. The van der Waals surface area contributed by atoms with Crippen molar-refractivity contribution in [1.29, 1.82) is 0 Å². The molecule has 0 atom stereocenters. The van der Waals surface area contributed by atoms with E-state index in [4.69, 9.17) is 0 Å². The fourth-order valence-electron chi connectivity index (χ4n) is 2.00. The summed E-state index contributed by atoms with van der Waals surface area (Å²) in [6.45, 7) is 1.91. The molecule has 116 valence electrons. The molecule has 0 spiro atoms. The number of rotatable bonds is 6. The fraction of sp³-hybridized carbons (Fsp3) is 0.312. The van der Waals surface area contributed by atoms with E-state index in [1.807, 2.05) is 0 Å². The maximum Gasteiger partial charge on any atom is 0.253 e. The van der Waals surface area contributed by atoms with E-state index in [9.17, 15) is 14.0 Å². The van der Waals surface area contributed by atoms with Gasteiger partial charge in [0.05, 0.1) is 6.33 Å². The predicted octanol–water partition coefficient (Wildman–Crippen LogP) is 2.36. The van der Waals surface area contributed by atoms with Crippen LogP contribution in [0.4, 0.5) is 10.1 Å². The van der Waals surface area contributed by atoms with Crippen LogP contribution < -0.4 is 10.9 Å². The van der Waals surface area contributed by atoms with Crippen molar-refractivity contribution < 1.29 is 9.18 Å². The molecule has 0 bridgehead atoms. The lowest BCUT2D eigenvalue weighted by molar-refractivity contribution is -0.116. The third-order valence-corrected chi connectivity index (χ3v) is 3.14. The van der Waals surface area contributed by atoms with Gasteiger partial charge >= 0.3 is 0 Å². The van der Waals surface area contributed by atoms with Crippen LogP contribution in [-0.2, 0) is 17.8 Å². The molecular weight excluding hydrogens is 285 g/mol. The standard InChI is InChI=1S/C16H18FN3O2/c1-2-3-6-13-9-16(22)20(11-18-13)10-15(21)19-14-7-4-5-12(17)8-14/h4-5,7-9,11H,2-3,6,10H2,1H3,(H,19,21). The Labute approximate surface area is 127 Å². The lowest BCUT2D eigenvalue weighted by Crippen LogP contribution is -2.27. The first-order valence-electron chi connectivity index (χ1n) is 7.19. The van der Waals surface area contributed by atoms with Gasteiger partial charge in [-0.3, -0.25) is 14.2 Å². The molecule has 5 nitrogen and oxygen atoms in total. The van der Waals surface area contributed by atoms with Gasteiger partial charge in [-0.05, 0) is 31.0 Å². The summed E-state index contributed by atoms with van der Waals surface area (Å²) in [7, 11) is 0. The van der Waals surface area contributed by atoms with Gasteiger partial charge in [0.2, 0.25) is 5.91 Å². The normalized spacial score (nSPS) is 10.5. The van der Waals surface area contributed by atoms with E-state index >= 15 is 0 Å². The summed E-state index contributed by atoms with van der Waals surface area (Å²) in [4.78, 5) is 28.0. The van der Waals surface area contributed by atoms with Crippen LogP contribution in [0.15, 0.2) is 41.5 Å². The molecule has 0 aliphatic heterocycles. The van der Waals surface area contributed by atoms with Crippen molar-refractivity contribution in [3.8, 4) is 0 Å². The molecule has 0 saturated carbocycles. The summed E-state index contributed by atoms with van der Waals surface area (Å²) < 4.78 is 14.3. The summed E-state index contributed by atoms with van der Waals surface area (Å²) >= 11 is 0. The van der Waals surface area contributed by atoms with Crippen molar-refractivity contribution >= 4 is 11.6 Å². The Morgan fingerprint density at radius 1 is 1.36 bits per heavy atom. The number of carbonyl (C=O) groups is 1. The summed E-state index contributed by atoms with van der Waals surface area (Å²) in [6, 6.07) is 7.04. The van der Waals surface area contributed by atoms with Crippen molar-refractivity contribution in [2.45, 2.75) is 32.7 Å². The van der Waals surface area contributed by atoms with Crippen LogP contribution in [0.1, 0.15) is 25.5 Å². The number of unbranched alkanes of at least 4 members (excludes halogenated alkanes) is 1. The summed E-state index contributed by atoms with van der Waals surface area (Å²) in [5.41, 5.74) is 0.815. The molecule has 0 saturated heterocycles. The number of benzene rings is 1. The topological polar surface area (TPSA) is 64.0 Å². The van der Waals surface area contributed by atoms with E-state index in [-0.39, 0.29) is 12.1 Å². The largest absolute Gasteiger partial charge is 0.324 e. The van der Waals surface area contributed by atoms with E-state index < -0.39 is 11.7 Å². The molecule has 1 aromatic heterocycles. The Balaban J connectivity index is 2.01. The highest BCUT2D eigenvalue weighted by Crippen LogP contribution is 2.08. The second kappa shape index (κ2) is 7.49. The first kappa shape index (κ1) is 15.9. The first-order chi connectivity index (χ1) is 10.6. The zero-order valence-electron chi connectivity index (χ0n) is 12.4. The molecule has 1 aromatic carbocycles. The zero-order chi connectivity index (χ0) is 15.9. The quantitative estimate of drug-likeness (QED) is 0.891. The highest BCUT2D eigenvalue weighted by Gasteiger charge is 2.07. The number of nitrogens with one attached hydrogen (secondary N) is 1. The molecule has 22 heavy (non-hydrogen) atoms. The highest BCUT2D eigenvalue weighted by molar-refractivity contribution is 5.90. The molecule has 1 heterocycles. The van der Waals surface area contributed by atoms with Crippen LogP contribution in [0.5, 0.6) is 0 Å². The molecule has 0 fully saturated rings. The van der Waals surface area contributed by atoms with E-state index in [2.05, 4.69) is 17.2 Å². The van der Waals surface area contributed by atoms with E-state index in [1.165, 1.54) is 35.2 Å². The SMILES string of the molecule is CCCCc1cc(=O)n(CC(=O)Nc2cccc(F)c2)cn1. The third kappa shape index (κ3) is 4.51. The number of hydrogen-bond donors (Lipinski definition) is 1. The lowest BCUT2D eigenvalue weighted by Gasteiger charge is -2.08. The van der Waals surface area contributed by atoms with Gasteiger partial charge in [0.15, 0.2) is 0 Å². The van der Waals surface area contributed by atoms with Crippen molar-refractivity contribution in [2.75, 3.05) is 5.32 Å². The van der Waals surface area contributed by atoms with Crippen LogP contribution in [0.25, 0.3) is 0 Å². The van der Waals surface area contributed by atoms with E-state index in [1.54, 1.807) is 6.07 Å². The number of aromatic nitrogens is 2. The van der Waals surface area contributed by atoms with Gasteiger partial charge in [0.25, 0.3) is 5.56 Å². The molecule has 2 aromatic rings. The van der Waals surface area contributed by atoms with Gasteiger partial charge in [-0.15, -0.1) is 0 Å². The average molecular weight is 303 g/mol. The Morgan fingerprint density at radius 2 is 2.18 bits per heavy atom.